The average molecular weight is 316 g/mol. The normalized spacial score (nSPS) is 10.7. The zero-order valence-corrected chi connectivity index (χ0v) is 13.2. The van der Waals surface area contributed by atoms with Crippen molar-refractivity contribution in [2.75, 3.05) is 7.11 Å². The number of hydrogen-bond acceptors (Lipinski definition) is 3. The Morgan fingerprint density at radius 3 is 2.42 bits per heavy atom. The quantitative estimate of drug-likeness (QED) is 0.620. The number of aromatic nitrogens is 4. The van der Waals surface area contributed by atoms with E-state index in [0.29, 0.717) is 0 Å². The third-order valence-electron chi connectivity index (χ3n) is 3.96. The molecule has 0 saturated carbocycles. The average Bonchev–Trinajstić information content (AvgIpc) is 3.32. The molecule has 0 aliphatic carbocycles. The highest BCUT2D eigenvalue weighted by Crippen LogP contribution is 2.35. The Morgan fingerprint density at radius 1 is 0.958 bits per heavy atom. The second kappa shape index (κ2) is 6.04. The van der Waals surface area contributed by atoms with E-state index in [0.717, 1.165) is 33.8 Å². The lowest BCUT2D eigenvalue weighted by Crippen LogP contribution is -1.97. The lowest BCUT2D eigenvalue weighted by atomic mass is 10.0. The maximum Gasteiger partial charge on any atom is 0.138 e. The fourth-order valence-corrected chi connectivity index (χ4v) is 2.79. The molecule has 0 aliphatic rings. The van der Waals surface area contributed by atoms with Gasteiger partial charge in [-0.15, -0.1) is 0 Å². The number of benzene rings is 2. The molecular formula is C19H16N4O. The Kier molecular flexibility index (Phi) is 3.59. The van der Waals surface area contributed by atoms with Crippen LogP contribution >= 0.6 is 0 Å². The number of methoxy groups -OCH3 is 1. The van der Waals surface area contributed by atoms with Crippen LogP contribution in [0.3, 0.4) is 0 Å². The van der Waals surface area contributed by atoms with Crippen LogP contribution < -0.4 is 4.74 Å². The summed E-state index contributed by atoms with van der Waals surface area (Å²) < 4.78 is 7.03. The van der Waals surface area contributed by atoms with Gasteiger partial charge in [0.2, 0.25) is 0 Å². The summed E-state index contributed by atoms with van der Waals surface area (Å²) in [7, 11) is 1.66. The van der Waals surface area contributed by atoms with Gasteiger partial charge in [-0.2, -0.15) is 5.10 Å². The Bertz CT molecular complexity index is 925. The molecule has 2 aromatic carbocycles. The summed E-state index contributed by atoms with van der Waals surface area (Å²) in [6, 6.07) is 18.2. The minimum Gasteiger partial charge on any atom is -0.497 e. The molecule has 24 heavy (non-hydrogen) atoms. The first-order valence-electron chi connectivity index (χ1n) is 7.63. The molecule has 0 spiro atoms. The SMILES string of the molecule is COc1ccc(-c2[nH]cc(-c3ccccc3)c2-n2cncn2)cc1. The summed E-state index contributed by atoms with van der Waals surface area (Å²) in [5.74, 6) is 0.830. The predicted molar refractivity (Wildman–Crippen MR) is 93.1 cm³/mol. The van der Waals surface area contributed by atoms with Crippen molar-refractivity contribution in [2.24, 2.45) is 0 Å². The van der Waals surface area contributed by atoms with Crippen LogP contribution in [0.4, 0.5) is 0 Å². The van der Waals surface area contributed by atoms with E-state index in [1.807, 2.05) is 48.7 Å². The van der Waals surface area contributed by atoms with Crippen molar-refractivity contribution in [3.63, 3.8) is 0 Å². The Balaban J connectivity index is 1.90. The van der Waals surface area contributed by atoms with Crippen LogP contribution in [-0.2, 0) is 0 Å². The number of ether oxygens (including phenoxy) is 1. The number of nitrogens with zero attached hydrogens (tertiary/aromatic N) is 3. The van der Waals surface area contributed by atoms with Gasteiger partial charge < -0.3 is 9.72 Å². The molecule has 1 N–H and O–H groups in total. The van der Waals surface area contributed by atoms with Crippen molar-refractivity contribution in [3.05, 3.63) is 73.4 Å². The van der Waals surface area contributed by atoms with Crippen molar-refractivity contribution in [1.29, 1.82) is 0 Å². The number of hydrogen-bond donors (Lipinski definition) is 1. The Morgan fingerprint density at radius 2 is 1.75 bits per heavy atom. The van der Waals surface area contributed by atoms with E-state index in [1.54, 1.807) is 24.4 Å². The van der Waals surface area contributed by atoms with Crippen LogP contribution in [0.1, 0.15) is 0 Å². The van der Waals surface area contributed by atoms with E-state index >= 15 is 0 Å². The van der Waals surface area contributed by atoms with Gasteiger partial charge in [-0.05, 0) is 29.8 Å². The molecule has 0 fully saturated rings. The predicted octanol–water partition coefficient (Wildman–Crippen LogP) is 3.94. The maximum absolute atomic E-state index is 5.24. The van der Waals surface area contributed by atoms with E-state index in [4.69, 9.17) is 4.74 Å². The molecule has 0 aliphatic heterocycles. The number of H-pyrrole nitrogens is 1. The van der Waals surface area contributed by atoms with Gasteiger partial charge in [0.05, 0.1) is 18.5 Å². The lowest BCUT2D eigenvalue weighted by Gasteiger charge is -2.08. The molecule has 4 rings (SSSR count). The zero-order valence-electron chi connectivity index (χ0n) is 13.2. The Hall–Kier alpha value is -3.34. The van der Waals surface area contributed by atoms with E-state index in [9.17, 15) is 0 Å². The molecule has 0 amide bonds. The minimum absolute atomic E-state index is 0.830. The molecular weight excluding hydrogens is 300 g/mol. The van der Waals surface area contributed by atoms with Gasteiger partial charge >= 0.3 is 0 Å². The summed E-state index contributed by atoms with van der Waals surface area (Å²) in [6.45, 7) is 0. The molecule has 0 radical (unpaired) electrons. The van der Waals surface area contributed by atoms with Crippen LogP contribution in [0, 0.1) is 0 Å². The van der Waals surface area contributed by atoms with Gasteiger partial charge in [0, 0.05) is 17.3 Å². The fraction of sp³-hybridized carbons (Fsp3) is 0.0526. The third-order valence-corrected chi connectivity index (χ3v) is 3.96. The van der Waals surface area contributed by atoms with Gasteiger partial charge in [0.25, 0.3) is 0 Å². The van der Waals surface area contributed by atoms with Crippen LogP contribution in [-0.4, -0.2) is 26.9 Å². The molecule has 2 aromatic heterocycles. The monoisotopic (exact) mass is 316 g/mol. The van der Waals surface area contributed by atoms with Crippen LogP contribution in [0.2, 0.25) is 0 Å². The van der Waals surface area contributed by atoms with Crippen molar-refractivity contribution in [3.8, 4) is 33.8 Å². The molecule has 2 heterocycles. The van der Waals surface area contributed by atoms with Crippen molar-refractivity contribution in [2.45, 2.75) is 0 Å². The third kappa shape index (κ3) is 2.46. The van der Waals surface area contributed by atoms with Crippen molar-refractivity contribution >= 4 is 0 Å². The highest BCUT2D eigenvalue weighted by molar-refractivity contribution is 5.83. The second-order valence-electron chi connectivity index (χ2n) is 5.36. The van der Waals surface area contributed by atoms with Gasteiger partial charge in [0.1, 0.15) is 18.4 Å². The molecule has 0 saturated heterocycles. The van der Waals surface area contributed by atoms with Crippen LogP contribution in [0.5, 0.6) is 5.75 Å². The topological polar surface area (TPSA) is 55.7 Å². The molecule has 0 unspecified atom stereocenters. The van der Waals surface area contributed by atoms with Gasteiger partial charge in [-0.1, -0.05) is 30.3 Å². The molecule has 0 atom stereocenters. The first-order chi connectivity index (χ1) is 11.9. The van der Waals surface area contributed by atoms with E-state index in [1.165, 1.54) is 0 Å². The van der Waals surface area contributed by atoms with Gasteiger partial charge in [-0.25, -0.2) is 9.67 Å². The summed E-state index contributed by atoms with van der Waals surface area (Å²) in [5.41, 5.74) is 5.22. The highest BCUT2D eigenvalue weighted by Gasteiger charge is 2.16. The Labute approximate surface area is 139 Å². The number of rotatable bonds is 4. The van der Waals surface area contributed by atoms with Crippen molar-refractivity contribution < 1.29 is 4.74 Å². The first-order valence-corrected chi connectivity index (χ1v) is 7.63. The smallest absolute Gasteiger partial charge is 0.138 e. The number of aromatic amines is 1. The minimum atomic E-state index is 0.830. The molecule has 118 valence electrons. The summed E-state index contributed by atoms with van der Waals surface area (Å²) in [4.78, 5) is 7.48. The summed E-state index contributed by atoms with van der Waals surface area (Å²) in [6.07, 6.45) is 5.26. The van der Waals surface area contributed by atoms with E-state index < -0.39 is 0 Å². The standard InChI is InChI=1S/C19H16N4O/c1-24-16-9-7-15(8-10-16)18-19(23-13-20-12-22-23)17(11-21-18)14-5-3-2-4-6-14/h2-13,21H,1H3. The molecule has 0 bridgehead atoms. The van der Waals surface area contributed by atoms with E-state index in [2.05, 4.69) is 27.2 Å². The fourth-order valence-electron chi connectivity index (χ4n) is 2.79. The second-order valence-corrected chi connectivity index (χ2v) is 5.36. The van der Waals surface area contributed by atoms with E-state index in [-0.39, 0.29) is 0 Å². The summed E-state index contributed by atoms with van der Waals surface area (Å²) in [5, 5.41) is 4.33. The first kappa shape index (κ1) is 14.3. The van der Waals surface area contributed by atoms with Gasteiger partial charge in [-0.3, -0.25) is 0 Å². The molecule has 5 nitrogen and oxygen atoms in total. The molecule has 5 heteroatoms. The van der Waals surface area contributed by atoms with Crippen LogP contribution in [0.25, 0.3) is 28.1 Å². The molecule has 4 aromatic rings. The zero-order chi connectivity index (χ0) is 16.4. The maximum atomic E-state index is 5.24. The van der Waals surface area contributed by atoms with Crippen LogP contribution in [0.15, 0.2) is 73.4 Å². The highest BCUT2D eigenvalue weighted by atomic mass is 16.5. The lowest BCUT2D eigenvalue weighted by molar-refractivity contribution is 0.415. The number of nitrogens with one attached hydrogen (secondary N) is 1. The van der Waals surface area contributed by atoms with Crippen molar-refractivity contribution in [1.82, 2.24) is 19.7 Å². The largest absolute Gasteiger partial charge is 0.497 e. The summed E-state index contributed by atoms with van der Waals surface area (Å²) >= 11 is 0. The van der Waals surface area contributed by atoms with Gasteiger partial charge in [0.15, 0.2) is 0 Å².